The normalized spacial score (nSPS) is 13.4. The minimum Gasteiger partial charge on any atom is -0.317 e. The summed E-state index contributed by atoms with van der Waals surface area (Å²) in [5.41, 5.74) is 0. The molecule has 1 unspecified atom stereocenters. The van der Waals surface area contributed by atoms with Crippen LogP contribution in [0.3, 0.4) is 0 Å². The van der Waals surface area contributed by atoms with Gasteiger partial charge in [-0.05, 0) is 32.6 Å². The van der Waals surface area contributed by atoms with E-state index in [0.717, 1.165) is 24.1 Å². The molecule has 0 aliphatic heterocycles. The van der Waals surface area contributed by atoms with E-state index in [1.54, 1.807) is 0 Å². The fourth-order valence-electron chi connectivity index (χ4n) is 1.56. The smallest absolute Gasteiger partial charge is 0.146 e. The van der Waals surface area contributed by atoms with E-state index in [9.17, 15) is 0 Å². The summed E-state index contributed by atoms with van der Waals surface area (Å²) in [6, 6.07) is 0.541. The van der Waals surface area contributed by atoms with Crippen molar-refractivity contribution in [3.8, 4) is 0 Å². The van der Waals surface area contributed by atoms with Crippen LogP contribution in [0.15, 0.2) is 0 Å². The SMILES string of the molecule is Cc1nnc(CNC(C)CCC(C)C)n1C. The van der Waals surface area contributed by atoms with Gasteiger partial charge in [0.2, 0.25) is 0 Å². The molecular formula is C12H24N4. The van der Waals surface area contributed by atoms with Gasteiger partial charge < -0.3 is 9.88 Å². The van der Waals surface area contributed by atoms with Crippen LogP contribution in [0.5, 0.6) is 0 Å². The topological polar surface area (TPSA) is 42.7 Å². The number of hydrogen-bond donors (Lipinski definition) is 1. The lowest BCUT2D eigenvalue weighted by molar-refractivity contribution is 0.443. The number of nitrogens with zero attached hydrogens (tertiary/aromatic N) is 3. The van der Waals surface area contributed by atoms with Crippen molar-refractivity contribution >= 4 is 0 Å². The first-order chi connectivity index (χ1) is 7.50. The summed E-state index contributed by atoms with van der Waals surface area (Å²) in [4.78, 5) is 0. The monoisotopic (exact) mass is 224 g/mol. The summed E-state index contributed by atoms with van der Waals surface area (Å²) in [5, 5.41) is 11.7. The Bertz CT molecular complexity index is 317. The Morgan fingerprint density at radius 3 is 2.38 bits per heavy atom. The molecule has 92 valence electrons. The van der Waals surface area contributed by atoms with Crippen molar-refractivity contribution in [2.24, 2.45) is 13.0 Å². The third kappa shape index (κ3) is 3.93. The number of aromatic nitrogens is 3. The molecule has 0 saturated heterocycles. The molecule has 0 aromatic carbocycles. The molecule has 0 aliphatic rings. The second-order valence-corrected chi connectivity index (χ2v) is 4.98. The summed E-state index contributed by atoms with van der Waals surface area (Å²) in [7, 11) is 2.01. The Balaban J connectivity index is 2.31. The quantitative estimate of drug-likeness (QED) is 0.804. The van der Waals surface area contributed by atoms with Gasteiger partial charge in [0.15, 0.2) is 0 Å². The standard InChI is InChI=1S/C12H24N4/c1-9(2)6-7-10(3)13-8-12-15-14-11(4)16(12)5/h9-10,13H,6-8H2,1-5H3. The second kappa shape index (κ2) is 5.99. The summed E-state index contributed by atoms with van der Waals surface area (Å²) in [5.74, 6) is 2.75. The maximum Gasteiger partial charge on any atom is 0.146 e. The molecule has 1 atom stereocenters. The Hall–Kier alpha value is -0.900. The molecule has 1 aromatic heterocycles. The van der Waals surface area contributed by atoms with Crippen LogP contribution in [0.4, 0.5) is 0 Å². The highest BCUT2D eigenvalue weighted by molar-refractivity contribution is 4.92. The van der Waals surface area contributed by atoms with Crippen LogP contribution in [0.1, 0.15) is 45.3 Å². The largest absolute Gasteiger partial charge is 0.317 e. The summed E-state index contributed by atoms with van der Waals surface area (Å²) < 4.78 is 2.03. The van der Waals surface area contributed by atoms with E-state index in [4.69, 9.17) is 0 Å². The first-order valence-electron chi connectivity index (χ1n) is 6.09. The van der Waals surface area contributed by atoms with Gasteiger partial charge in [0, 0.05) is 13.1 Å². The van der Waals surface area contributed by atoms with Crippen molar-refractivity contribution in [2.45, 2.75) is 53.1 Å². The molecule has 1 aromatic rings. The molecule has 0 spiro atoms. The lowest BCUT2D eigenvalue weighted by Crippen LogP contribution is -2.27. The van der Waals surface area contributed by atoms with E-state index in [2.05, 4.69) is 36.3 Å². The number of nitrogens with one attached hydrogen (secondary N) is 1. The lowest BCUT2D eigenvalue weighted by Gasteiger charge is -2.14. The molecule has 0 amide bonds. The van der Waals surface area contributed by atoms with Gasteiger partial charge in [-0.25, -0.2) is 0 Å². The second-order valence-electron chi connectivity index (χ2n) is 4.98. The van der Waals surface area contributed by atoms with Crippen LogP contribution in [-0.4, -0.2) is 20.8 Å². The first-order valence-corrected chi connectivity index (χ1v) is 6.09. The fourth-order valence-corrected chi connectivity index (χ4v) is 1.56. The molecule has 0 aliphatic carbocycles. The Kier molecular flexibility index (Phi) is 4.93. The molecular weight excluding hydrogens is 200 g/mol. The van der Waals surface area contributed by atoms with E-state index in [1.807, 2.05) is 18.5 Å². The third-order valence-corrected chi connectivity index (χ3v) is 2.97. The molecule has 4 heteroatoms. The van der Waals surface area contributed by atoms with Gasteiger partial charge in [-0.2, -0.15) is 0 Å². The summed E-state index contributed by atoms with van der Waals surface area (Å²) in [6.45, 7) is 9.53. The van der Waals surface area contributed by atoms with E-state index in [0.29, 0.717) is 6.04 Å². The predicted molar refractivity (Wildman–Crippen MR) is 66.1 cm³/mol. The van der Waals surface area contributed by atoms with Crippen LogP contribution >= 0.6 is 0 Å². The van der Waals surface area contributed by atoms with Gasteiger partial charge in [-0.15, -0.1) is 10.2 Å². The van der Waals surface area contributed by atoms with Crippen LogP contribution in [0.2, 0.25) is 0 Å². The van der Waals surface area contributed by atoms with Gasteiger partial charge in [-0.1, -0.05) is 13.8 Å². The molecule has 0 saturated carbocycles. The molecule has 0 bridgehead atoms. The van der Waals surface area contributed by atoms with Gasteiger partial charge in [0.1, 0.15) is 11.6 Å². The highest BCUT2D eigenvalue weighted by Crippen LogP contribution is 2.07. The number of rotatable bonds is 6. The Morgan fingerprint density at radius 1 is 1.19 bits per heavy atom. The van der Waals surface area contributed by atoms with Gasteiger partial charge in [0.25, 0.3) is 0 Å². The fraction of sp³-hybridized carbons (Fsp3) is 0.833. The number of aryl methyl sites for hydroxylation is 1. The van der Waals surface area contributed by atoms with Crippen molar-refractivity contribution in [2.75, 3.05) is 0 Å². The zero-order chi connectivity index (χ0) is 12.1. The molecule has 0 fully saturated rings. The van der Waals surface area contributed by atoms with Crippen molar-refractivity contribution in [1.29, 1.82) is 0 Å². The summed E-state index contributed by atoms with van der Waals surface area (Å²) in [6.07, 6.45) is 2.49. The first kappa shape index (κ1) is 13.2. The van der Waals surface area contributed by atoms with Crippen LogP contribution in [0.25, 0.3) is 0 Å². The highest BCUT2D eigenvalue weighted by atomic mass is 15.3. The van der Waals surface area contributed by atoms with Crippen molar-refractivity contribution in [3.63, 3.8) is 0 Å². The molecule has 4 nitrogen and oxygen atoms in total. The van der Waals surface area contributed by atoms with Gasteiger partial charge >= 0.3 is 0 Å². The van der Waals surface area contributed by atoms with Crippen molar-refractivity contribution in [3.05, 3.63) is 11.6 Å². The van der Waals surface area contributed by atoms with Gasteiger partial charge in [-0.3, -0.25) is 0 Å². The molecule has 1 rings (SSSR count). The van der Waals surface area contributed by atoms with E-state index in [-0.39, 0.29) is 0 Å². The van der Waals surface area contributed by atoms with Crippen LogP contribution in [-0.2, 0) is 13.6 Å². The lowest BCUT2D eigenvalue weighted by atomic mass is 10.0. The van der Waals surface area contributed by atoms with E-state index >= 15 is 0 Å². The molecule has 1 N–H and O–H groups in total. The third-order valence-electron chi connectivity index (χ3n) is 2.97. The Labute approximate surface area is 98.5 Å². The number of hydrogen-bond acceptors (Lipinski definition) is 3. The Morgan fingerprint density at radius 2 is 1.88 bits per heavy atom. The van der Waals surface area contributed by atoms with E-state index < -0.39 is 0 Å². The average molecular weight is 224 g/mol. The van der Waals surface area contributed by atoms with Crippen LogP contribution in [0, 0.1) is 12.8 Å². The van der Waals surface area contributed by atoms with Crippen molar-refractivity contribution in [1.82, 2.24) is 20.1 Å². The zero-order valence-corrected chi connectivity index (χ0v) is 11.1. The van der Waals surface area contributed by atoms with Gasteiger partial charge in [0.05, 0.1) is 6.54 Å². The van der Waals surface area contributed by atoms with Crippen LogP contribution < -0.4 is 5.32 Å². The maximum absolute atomic E-state index is 4.13. The van der Waals surface area contributed by atoms with Crippen molar-refractivity contribution < 1.29 is 0 Å². The maximum atomic E-state index is 4.13. The van der Waals surface area contributed by atoms with E-state index in [1.165, 1.54) is 12.8 Å². The zero-order valence-electron chi connectivity index (χ0n) is 11.1. The average Bonchev–Trinajstić information content (AvgIpc) is 2.54. The molecule has 1 heterocycles. The minimum absolute atomic E-state index is 0.541. The minimum atomic E-state index is 0.541. The summed E-state index contributed by atoms with van der Waals surface area (Å²) >= 11 is 0. The molecule has 16 heavy (non-hydrogen) atoms. The predicted octanol–water partition coefficient (Wildman–Crippen LogP) is 2.04. The highest BCUT2D eigenvalue weighted by Gasteiger charge is 2.07. The molecule has 0 radical (unpaired) electrons.